The molecule has 0 atom stereocenters. The Bertz CT molecular complexity index is 685. The normalized spacial score (nSPS) is 10.9. The molecule has 2 amide bonds. The summed E-state index contributed by atoms with van der Waals surface area (Å²) in [5.74, 6) is -1.22. The van der Waals surface area contributed by atoms with Crippen LogP contribution in [0.5, 0.6) is 0 Å². The lowest BCUT2D eigenvalue weighted by Crippen LogP contribution is -2.28. The number of amides is 2. The van der Waals surface area contributed by atoms with E-state index in [1.165, 1.54) is 0 Å². The summed E-state index contributed by atoms with van der Waals surface area (Å²) in [4.78, 5) is 24.0. The molecular formula is C15H11Cl3N2O2. The van der Waals surface area contributed by atoms with Gasteiger partial charge in [0.2, 0.25) is 0 Å². The van der Waals surface area contributed by atoms with Gasteiger partial charge >= 0.3 is 0 Å². The summed E-state index contributed by atoms with van der Waals surface area (Å²) in [5.41, 5.74) is 1.15. The van der Waals surface area contributed by atoms with E-state index in [0.29, 0.717) is 5.69 Å². The van der Waals surface area contributed by atoms with Crippen molar-refractivity contribution in [3.63, 3.8) is 0 Å². The van der Waals surface area contributed by atoms with Crippen molar-refractivity contribution >= 4 is 58.0 Å². The number of benzene rings is 2. The molecule has 22 heavy (non-hydrogen) atoms. The molecule has 0 saturated heterocycles. The Labute approximate surface area is 142 Å². The molecule has 7 heteroatoms. The summed E-state index contributed by atoms with van der Waals surface area (Å²) in [6.45, 7) is 0. The molecule has 2 rings (SSSR count). The fourth-order valence-electron chi connectivity index (χ4n) is 1.70. The van der Waals surface area contributed by atoms with Crippen molar-refractivity contribution in [2.45, 2.75) is 3.79 Å². The Morgan fingerprint density at radius 1 is 0.818 bits per heavy atom. The van der Waals surface area contributed by atoms with Crippen LogP contribution in [0, 0.1) is 0 Å². The van der Waals surface area contributed by atoms with Gasteiger partial charge < -0.3 is 10.6 Å². The number of hydrogen-bond donors (Lipinski definition) is 2. The maximum absolute atomic E-state index is 12.3. The Morgan fingerprint density at radius 3 is 2.05 bits per heavy atom. The van der Waals surface area contributed by atoms with Crippen LogP contribution in [0.3, 0.4) is 0 Å². The van der Waals surface area contributed by atoms with Crippen LogP contribution in [0.2, 0.25) is 0 Å². The van der Waals surface area contributed by atoms with Crippen molar-refractivity contribution in [3.05, 3.63) is 60.2 Å². The number of hydrogen-bond acceptors (Lipinski definition) is 2. The number of halogens is 3. The molecule has 0 aliphatic rings. The van der Waals surface area contributed by atoms with Crippen molar-refractivity contribution in [1.82, 2.24) is 0 Å². The first-order valence-electron chi connectivity index (χ1n) is 6.21. The average molecular weight is 358 g/mol. The highest BCUT2D eigenvalue weighted by atomic mass is 35.6. The quantitative estimate of drug-likeness (QED) is 0.807. The largest absolute Gasteiger partial charge is 0.322 e. The predicted octanol–water partition coefficient (Wildman–Crippen LogP) is 4.25. The number of anilines is 2. The maximum atomic E-state index is 12.3. The van der Waals surface area contributed by atoms with Gasteiger partial charge in [-0.1, -0.05) is 65.1 Å². The topological polar surface area (TPSA) is 58.2 Å². The van der Waals surface area contributed by atoms with Crippen LogP contribution in [-0.4, -0.2) is 15.6 Å². The minimum absolute atomic E-state index is 0.257. The van der Waals surface area contributed by atoms with Crippen molar-refractivity contribution in [3.8, 4) is 0 Å². The van der Waals surface area contributed by atoms with Crippen LogP contribution < -0.4 is 10.6 Å². The maximum Gasteiger partial charge on any atom is 0.276 e. The summed E-state index contributed by atoms with van der Waals surface area (Å²) in [7, 11) is 0. The Kier molecular flexibility index (Phi) is 5.29. The minimum atomic E-state index is -2.11. The molecule has 0 saturated carbocycles. The molecule has 4 nitrogen and oxygen atoms in total. The smallest absolute Gasteiger partial charge is 0.276 e. The molecular weight excluding hydrogens is 347 g/mol. The minimum Gasteiger partial charge on any atom is -0.322 e. The molecule has 0 heterocycles. The highest BCUT2D eigenvalue weighted by molar-refractivity contribution is 6.76. The number of nitrogens with one attached hydrogen (secondary N) is 2. The van der Waals surface area contributed by atoms with Crippen molar-refractivity contribution < 1.29 is 9.59 Å². The summed E-state index contributed by atoms with van der Waals surface area (Å²) in [5, 5.41) is 5.14. The molecule has 2 aromatic carbocycles. The van der Waals surface area contributed by atoms with Gasteiger partial charge in [-0.2, -0.15) is 0 Å². The lowest BCUT2D eigenvalue weighted by atomic mass is 10.1. The molecule has 2 N–H and O–H groups in total. The Hall–Kier alpha value is -1.75. The van der Waals surface area contributed by atoms with E-state index < -0.39 is 9.70 Å². The fourth-order valence-corrected chi connectivity index (χ4v) is 1.84. The first kappa shape index (κ1) is 16.6. The van der Waals surface area contributed by atoms with E-state index in [4.69, 9.17) is 34.8 Å². The SMILES string of the molecule is O=C(Nc1ccccc1)c1ccccc1NC(=O)C(Cl)(Cl)Cl. The Balaban J connectivity index is 2.21. The van der Waals surface area contributed by atoms with Gasteiger partial charge in [-0.3, -0.25) is 9.59 Å². The number of alkyl halides is 3. The van der Waals surface area contributed by atoms with Gasteiger partial charge in [0.15, 0.2) is 0 Å². The van der Waals surface area contributed by atoms with Crippen LogP contribution in [0.1, 0.15) is 10.4 Å². The number of para-hydroxylation sites is 2. The molecule has 0 bridgehead atoms. The van der Waals surface area contributed by atoms with Gasteiger partial charge in [0.05, 0.1) is 11.3 Å². The van der Waals surface area contributed by atoms with Gasteiger partial charge in [-0.25, -0.2) is 0 Å². The second-order valence-corrected chi connectivity index (χ2v) is 6.60. The first-order chi connectivity index (χ1) is 10.4. The van der Waals surface area contributed by atoms with Gasteiger partial charge in [-0.15, -0.1) is 0 Å². The first-order valence-corrected chi connectivity index (χ1v) is 7.35. The summed E-state index contributed by atoms with van der Waals surface area (Å²) in [6.07, 6.45) is 0. The predicted molar refractivity (Wildman–Crippen MR) is 89.8 cm³/mol. The van der Waals surface area contributed by atoms with Gasteiger partial charge in [0.25, 0.3) is 15.6 Å². The molecule has 0 spiro atoms. The van der Waals surface area contributed by atoms with Crippen LogP contribution in [-0.2, 0) is 4.79 Å². The number of carbonyl (C=O) groups excluding carboxylic acids is 2. The van der Waals surface area contributed by atoms with Crippen LogP contribution in [0.4, 0.5) is 11.4 Å². The van der Waals surface area contributed by atoms with E-state index in [1.54, 1.807) is 48.5 Å². The van der Waals surface area contributed by atoms with Crippen LogP contribution in [0.15, 0.2) is 54.6 Å². The van der Waals surface area contributed by atoms with Crippen molar-refractivity contribution in [2.24, 2.45) is 0 Å². The van der Waals surface area contributed by atoms with Crippen LogP contribution >= 0.6 is 34.8 Å². The Morgan fingerprint density at radius 2 is 1.41 bits per heavy atom. The zero-order valence-corrected chi connectivity index (χ0v) is 13.4. The second kappa shape index (κ2) is 7.01. The third-order valence-corrected chi connectivity index (χ3v) is 3.22. The average Bonchev–Trinajstić information content (AvgIpc) is 2.47. The van der Waals surface area contributed by atoms with Crippen molar-refractivity contribution in [1.29, 1.82) is 0 Å². The molecule has 0 aliphatic carbocycles. The fraction of sp³-hybridized carbons (Fsp3) is 0.0667. The number of carbonyl (C=O) groups is 2. The zero-order valence-electron chi connectivity index (χ0n) is 11.1. The molecule has 2 aromatic rings. The van der Waals surface area contributed by atoms with Gasteiger partial charge in [0.1, 0.15) is 0 Å². The van der Waals surface area contributed by atoms with Gasteiger partial charge in [-0.05, 0) is 24.3 Å². The standard InChI is InChI=1S/C15H11Cl3N2O2/c16-15(17,18)14(22)20-12-9-5-4-8-11(12)13(21)19-10-6-2-1-3-7-10/h1-9H,(H,19,21)(H,20,22). The van der Waals surface area contributed by atoms with Crippen molar-refractivity contribution in [2.75, 3.05) is 10.6 Å². The lowest BCUT2D eigenvalue weighted by Gasteiger charge is -2.14. The molecule has 0 aromatic heterocycles. The summed E-state index contributed by atoms with van der Waals surface area (Å²) >= 11 is 16.5. The van der Waals surface area contributed by atoms with E-state index in [2.05, 4.69) is 10.6 Å². The molecule has 0 radical (unpaired) electrons. The van der Waals surface area contributed by atoms with E-state index in [9.17, 15) is 9.59 Å². The molecule has 0 aliphatic heterocycles. The summed E-state index contributed by atoms with van der Waals surface area (Å²) in [6, 6.07) is 15.4. The second-order valence-electron chi connectivity index (χ2n) is 4.32. The van der Waals surface area contributed by atoms with E-state index in [1.807, 2.05) is 6.07 Å². The highest BCUT2D eigenvalue weighted by Gasteiger charge is 2.31. The lowest BCUT2D eigenvalue weighted by molar-refractivity contribution is -0.115. The van der Waals surface area contributed by atoms with Crippen LogP contribution in [0.25, 0.3) is 0 Å². The van der Waals surface area contributed by atoms with E-state index >= 15 is 0 Å². The summed E-state index contributed by atoms with van der Waals surface area (Å²) < 4.78 is -2.11. The molecule has 0 fully saturated rings. The van der Waals surface area contributed by atoms with Gasteiger partial charge in [0, 0.05) is 5.69 Å². The third-order valence-electron chi connectivity index (χ3n) is 2.71. The van der Waals surface area contributed by atoms with E-state index in [-0.39, 0.29) is 17.2 Å². The third kappa shape index (κ3) is 4.37. The monoisotopic (exact) mass is 356 g/mol. The molecule has 0 unspecified atom stereocenters. The zero-order chi connectivity index (χ0) is 16.2. The van der Waals surface area contributed by atoms with E-state index in [0.717, 1.165) is 0 Å². The highest BCUT2D eigenvalue weighted by Crippen LogP contribution is 2.28. The number of rotatable bonds is 3. The molecule has 114 valence electrons.